The molecule has 1 aromatic heterocycles. The maximum absolute atomic E-state index is 11.9. The van der Waals surface area contributed by atoms with Gasteiger partial charge in [-0.2, -0.15) is 0 Å². The van der Waals surface area contributed by atoms with Gasteiger partial charge in [-0.25, -0.2) is 0 Å². The summed E-state index contributed by atoms with van der Waals surface area (Å²) in [4.78, 5) is 23.7. The van der Waals surface area contributed by atoms with E-state index in [1.54, 1.807) is 36.4 Å². The van der Waals surface area contributed by atoms with E-state index in [9.17, 15) is 9.59 Å². The topological polar surface area (TPSA) is 97.4 Å². The van der Waals surface area contributed by atoms with Gasteiger partial charge in [0.1, 0.15) is 0 Å². The van der Waals surface area contributed by atoms with E-state index in [2.05, 4.69) is 10.6 Å². The zero-order valence-corrected chi connectivity index (χ0v) is 12.5. The second kappa shape index (κ2) is 6.91. The van der Waals surface area contributed by atoms with Gasteiger partial charge in [0, 0.05) is 11.4 Å². The molecule has 0 aliphatic heterocycles. The van der Waals surface area contributed by atoms with Gasteiger partial charge in [-0.3, -0.25) is 9.59 Å². The Balaban J connectivity index is 1.96. The molecule has 0 radical (unpaired) electrons. The summed E-state index contributed by atoms with van der Waals surface area (Å²) in [5, 5.41) is 5.43. The van der Waals surface area contributed by atoms with E-state index in [1.165, 1.54) is 6.26 Å². The van der Waals surface area contributed by atoms with Crippen LogP contribution in [0.5, 0.6) is 0 Å². The summed E-state index contributed by atoms with van der Waals surface area (Å²) in [6, 6.07) is 9.45. The van der Waals surface area contributed by atoms with E-state index >= 15 is 0 Å². The molecule has 2 rings (SSSR count). The molecule has 116 valence electrons. The van der Waals surface area contributed by atoms with Crippen LogP contribution in [-0.2, 0) is 4.79 Å². The summed E-state index contributed by atoms with van der Waals surface area (Å²) < 4.78 is 5.01. The maximum Gasteiger partial charge on any atom is 0.291 e. The molecule has 1 aromatic carbocycles. The Bertz CT molecular complexity index is 633. The van der Waals surface area contributed by atoms with Crippen molar-refractivity contribution in [2.45, 2.75) is 19.9 Å². The zero-order chi connectivity index (χ0) is 16.1. The van der Waals surface area contributed by atoms with Gasteiger partial charge in [0.25, 0.3) is 5.91 Å². The Labute approximate surface area is 128 Å². The molecule has 0 saturated carbocycles. The molecule has 22 heavy (non-hydrogen) atoms. The minimum atomic E-state index is -0.557. The average Bonchev–Trinajstić information content (AvgIpc) is 3.02. The monoisotopic (exact) mass is 301 g/mol. The number of furan rings is 1. The van der Waals surface area contributed by atoms with Gasteiger partial charge in [0.2, 0.25) is 5.91 Å². The second-order valence-corrected chi connectivity index (χ2v) is 5.27. The van der Waals surface area contributed by atoms with Crippen molar-refractivity contribution in [3.05, 3.63) is 48.4 Å². The summed E-state index contributed by atoms with van der Waals surface area (Å²) in [6.45, 7) is 3.77. The molecule has 4 N–H and O–H groups in total. The van der Waals surface area contributed by atoms with Gasteiger partial charge < -0.3 is 20.8 Å². The van der Waals surface area contributed by atoms with Gasteiger partial charge in [0.15, 0.2) is 5.76 Å². The highest BCUT2D eigenvalue weighted by molar-refractivity contribution is 6.02. The largest absolute Gasteiger partial charge is 0.459 e. The first-order chi connectivity index (χ1) is 10.5. The highest BCUT2D eigenvalue weighted by Crippen LogP contribution is 2.15. The number of carbonyl (C=O) groups excluding carboxylic acids is 2. The molecule has 0 fully saturated rings. The number of rotatable bonds is 5. The molecule has 2 aromatic rings. The number of anilines is 2. The van der Waals surface area contributed by atoms with Crippen molar-refractivity contribution in [3.8, 4) is 0 Å². The fourth-order valence-corrected chi connectivity index (χ4v) is 1.77. The highest BCUT2D eigenvalue weighted by atomic mass is 16.3. The molecule has 1 heterocycles. The molecule has 1 atom stereocenters. The Kier molecular flexibility index (Phi) is 4.95. The van der Waals surface area contributed by atoms with E-state index in [0.717, 1.165) is 0 Å². The van der Waals surface area contributed by atoms with Crippen molar-refractivity contribution in [1.29, 1.82) is 0 Å². The summed E-state index contributed by atoms with van der Waals surface area (Å²) in [5.74, 6) is -0.266. The lowest BCUT2D eigenvalue weighted by Crippen LogP contribution is -2.39. The third-order valence-corrected chi connectivity index (χ3v) is 3.18. The SMILES string of the molecule is CC(C)[C@@H](N)C(=O)Nc1ccc(NC(=O)c2ccco2)cc1. The van der Waals surface area contributed by atoms with Crippen LogP contribution >= 0.6 is 0 Å². The average molecular weight is 301 g/mol. The normalized spacial score (nSPS) is 12.0. The molecule has 2 amide bonds. The molecular weight excluding hydrogens is 282 g/mol. The van der Waals surface area contributed by atoms with Crippen LogP contribution in [0.3, 0.4) is 0 Å². The maximum atomic E-state index is 11.9. The first kappa shape index (κ1) is 15.8. The molecule has 0 spiro atoms. The van der Waals surface area contributed by atoms with Gasteiger partial charge in [-0.15, -0.1) is 0 Å². The molecule has 6 nitrogen and oxygen atoms in total. The van der Waals surface area contributed by atoms with Crippen LogP contribution in [0.2, 0.25) is 0 Å². The number of benzene rings is 1. The van der Waals surface area contributed by atoms with Crippen molar-refractivity contribution in [3.63, 3.8) is 0 Å². The lowest BCUT2D eigenvalue weighted by molar-refractivity contribution is -0.118. The number of nitrogens with one attached hydrogen (secondary N) is 2. The van der Waals surface area contributed by atoms with Gasteiger partial charge in [-0.1, -0.05) is 13.8 Å². The molecule has 0 aliphatic carbocycles. The molecule has 0 unspecified atom stereocenters. The Morgan fingerprint density at radius 2 is 1.64 bits per heavy atom. The van der Waals surface area contributed by atoms with E-state index in [0.29, 0.717) is 11.4 Å². The smallest absolute Gasteiger partial charge is 0.291 e. The summed E-state index contributed by atoms with van der Waals surface area (Å²) in [5.41, 5.74) is 7.00. The lowest BCUT2D eigenvalue weighted by atomic mass is 10.0. The molecule has 0 saturated heterocycles. The predicted molar refractivity (Wildman–Crippen MR) is 84.5 cm³/mol. The van der Waals surface area contributed by atoms with Crippen LogP contribution in [0.4, 0.5) is 11.4 Å². The van der Waals surface area contributed by atoms with Gasteiger partial charge in [-0.05, 0) is 42.3 Å². The van der Waals surface area contributed by atoms with E-state index < -0.39 is 6.04 Å². The number of carbonyl (C=O) groups is 2. The Morgan fingerprint density at radius 3 is 2.14 bits per heavy atom. The first-order valence-corrected chi connectivity index (χ1v) is 6.98. The zero-order valence-electron chi connectivity index (χ0n) is 12.5. The van der Waals surface area contributed by atoms with E-state index in [1.807, 2.05) is 13.8 Å². The quantitative estimate of drug-likeness (QED) is 0.790. The molecule has 0 bridgehead atoms. The van der Waals surface area contributed by atoms with Crippen LogP contribution in [-0.4, -0.2) is 17.9 Å². The number of hydrogen-bond acceptors (Lipinski definition) is 4. The minimum Gasteiger partial charge on any atom is -0.459 e. The van der Waals surface area contributed by atoms with Crippen LogP contribution in [0, 0.1) is 5.92 Å². The van der Waals surface area contributed by atoms with Crippen LogP contribution < -0.4 is 16.4 Å². The minimum absolute atomic E-state index is 0.0619. The third kappa shape index (κ3) is 3.95. The Hall–Kier alpha value is -2.60. The summed E-state index contributed by atoms with van der Waals surface area (Å²) in [7, 11) is 0. The molecular formula is C16H19N3O3. The van der Waals surface area contributed by atoms with Crippen LogP contribution in [0.15, 0.2) is 47.1 Å². The second-order valence-electron chi connectivity index (χ2n) is 5.27. The third-order valence-electron chi connectivity index (χ3n) is 3.18. The Morgan fingerprint density at radius 1 is 1.05 bits per heavy atom. The van der Waals surface area contributed by atoms with Crippen molar-refractivity contribution in [2.75, 3.05) is 10.6 Å². The van der Waals surface area contributed by atoms with Gasteiger partial charge in [0.05, 0.1) is 12.3 Å². The fourth-order valence-electron chi connectivity index (χ4n) is 1.77. The standard InChI is InChI=1S/C16H19N3O3/c1-10(2)14(17)16(21)19-12-7-5-11(6-8-12)18-15(20)13-4-3-9-22-13/h3-10,14H,17H2,1-2H3,(H,18,20)(H,19,21)/t14-/m1/s1. The molecule has 6 heteroatoms. The van der Waals surface area contributed by atoms with E-state index in [-0.39, 0.29) is 23.5 Å². The summed E-state index contributed by atoms with van der Waals surface area (Å²) in [6.07, 6.45) is 1.44. The fraction of sp³-hybridized carbons (Fsp3) is 0.250. The summed E-state index contributed by atoms with van der Waals surface area (Å²) >= 11 is 0. The van der Waals surface area contributed by atoms with Crippen LogP contribution in [0.1, 0.15) is 24.4 Å². The van der Waals surface area contributed by atoms with Crippen LogP contribution in [0.25, 0.3) is 0 Å². The van der Waals surface area contributed by atoms with Crippen molar-refractivity contribution < 1.29 is 14.0 Å². The van der Waals surface area contributed by atoms with Crippen molar-refractivity contribution in [1.82, 2.24) is 0 Å². The van der Waals surface area contributed by atoms with E-state index in [4.69, 9.17) is 10.2 Å². The lowest BCUT2D eigenvalue weighted by Gasteiger charge is -2.15. The predicted octanol–water partition coefficient (Wildman–Crippen LogP) is 2.45. The number of nitrogens with two attached hydrogens (primary N) is 1. The molecule has 0 aliphatic rings. The number of hydrogen-bond donors (Lipinski definition) is 3. The highest BCUT2D eigenvalue weighted by Gasteiger charge is 2.17. The first-order valence-electron chi connectivity index (χ1n) is 6.98. The van der Waals surface area contributed by atoms with Crippen molar-refractivity contribution >= 4 is 23.2 Å². The van der Waals surface area contributed by atoms with Gasteiger partial charge >= 0.3 is 0 Å². The number of amides is 2. The van der Waals surface area contributed by atoms with Crippen molar-refractivity contribution in [2.24, 2.45) is 11.7 Å².